The third-order valence-corrected chi connectivity index (χ3v) is 3.69. The summed E-state index contributed by atoms with van der Waals surface area (Å²) in [5.74, 6) is -0.629. The van der Waals surface area contributed by atoms with Crippen molar-refractivity contribution < 1.29 is 53.2 Å². The van der Waals surface area contributed by atoms with Crippen LogP contribution in [0.15, 0.2) is 27.9 Å². The van der Waals surface area contributed by atoms with Crippen LogP contribution in [0.4, 0.5) is 5.95 Å². The van der Waals surface area contributed by atoms with Crippen LogP contribution < -0.4 is 40.2 Å². The van der Waals surface area contributed by atoms with E-state index in [-0.39, 0.29) is 59.8 Å². The Morgan fingerprint density at radius 2 is 2.38 bits per heavy atom. The smallest absolute Gasteiger partial charge is 0.862 e. The Labute approximate surface area is 157 Å². The molecule has 0 bridgehead atoms. The molecule has 1 aliphatic rings. The molecule has 3 rings (SSSR count). The standard InChI is InChI=1S/C11H12N5O6P.Na/c1-6(17)13-11-14-9-8(10(18)15-11)12-5-16(9)2-7-3-21-23(19,20)22-4-7;/h3,5H,2,4H2,1H3,(H,19,20)(H2,13,14,15,17,18);/q;+1/p-1. The number of phosphoric acid groups is 1. The van der Waals surface area contributed by atoms with E-state index < -0.39 is 19.3 Å². The molecule has 1 aliphatic heterocycles. The van der Waals surface area contributed by atoms with Crippen LogP contribution in [-0.2, 0) is 20.2 Å². The van der Waals surface area contributed by atoms with Crippen molar-refractivity contribution in [3.63, 3.8) is 0 Å². The zero-order chi connectivity index (χ0) is 16.6. The molecule has 0 aliphatic carbocycles. The molecule has 13 heteroatoms. The summed E-state index contributed by atoms with van der Waals surface area (Å²) in [6, 6.07) is 0. The first-order valence-corrected chi connectivity index (χ1v) is 7.85. The number of phosphoric ester groups is 1. The van der Waals surface area contributed by atoms with Gasteiger partial charge in [-0.15, -0.1) is 0 Å². The molecule has 0 spiro atoms. The van der Waals surface area contributed by atoms with Gasteiger partial charge < -0.3 is 14.2 Å². The van der Waals surface area contributed by atoms with Crippen molar-refractivity contribution in [1.82, 2.24) is 19.5 Å². The number of nitrogens with one attached hydrogen (secondary N) is 1. The second kappa shape index (κ2) is 7.18. The van der Waals surface area contributed by atoms with Crippen LogP contribution in [0.2, 0.25) is 0 Å². The quantitative estimate of drug-likeness (QED) is 0.247. The van der Waals surface area contributed by atoms with Crippen molar-refractivity contribution in [2.45, 2.75) is 13.5 Å². The van der Waals surface area contributed by atoms with Crippen LogP contribution in [0.5, 0.6) is 0 Å². The number of aromatic amines is 1. The van der Waals surface area contributed by atoms with Crippen molar-refractivity contribution in [1.29, 1.82) is 0 Å². The molecule has 2 aromatic rings. The predicted octanol–water partition coefficient (Wildman–Crippen LogP) is -3.44. The van der Waals surface area contributed by atoms with E-state index in [0.717, 1.165) is 6.26 Å². The summed E-state index contributed by atoms with van der Waals surface area (Å²) >= 11 is 0. The molecule has 0 saturated heterocycles. The third-order valence-electron chi connectivity index (χ3n) is 2.86. The van der Waals surface area contributed by atoms with E-state index in [1.54, 1.807) is 0 Å². The average molecular weight is 363 g/mol. The minimum Gasteiger partial charge on any atom is -0.862 e. The van der Waals surface area contributed by atoms with Crippen LogP contribution in [0.1, 0.15) is 6.92 Å². The van der Waals surface area contributed by atoms with E-state index >= 15 is 0 Å². The Hall–Kier alpha value is -1.49. The summed E-state index contributed by atoms with van der Waals surface area (Å²) < 4.78 is 21.9. The van der Waals surface area contributed by atoms with Crippen molar-refractivity contribution >= 4 is 30.8 Å². The molecule has 0 saturated carbocycles. The second-order valence-electron chi connectivity index (χ2n) is 4.69. The number of H-pyrrole nitrogens is 1. The van der Waals surface area contributed by atoms with Crippen molar-refractivity contribution in [3.05, 3.63) is 28.5 Å². The van der Waals surface area contributed by atoms with Crippen molar-refractivity contribution in [2.24, 2.45) is 4.99 Å². The topological polar surface area (TPSA) is 155 Å². The second-order valence-corrected chi connectivity index (χ2v) is 6.09. The Bertz CT molecular complexity index is 931. The van der Waals surface area contributed by atoms with Crippen LogP contribution in [0.3, 0.4) is 0 Å². The summed E-state index contributed by atoms with van der Waals surface area (Å²) in [7, 11) is -4.02. The molecule has 2 N–H and O–H groups in total. The first-order valence-electron chi connectivity index (χ1n) is 6.35. The number of fused-ring (bicyclic) bond motifs is 1. The summed E-state index contributed by atoms with van der Waals surface area (Å²) in [5.41, 5.74) is 0.307. The minimum absolute atomic E-state index is 0. The maximum Gasteiger partial charge on any atom is 1.00 e. The van der Waals surface area contributed by atoms with Crippen LogP contribution >= 0.6 is 7.82 Å². The molecule has 24 heavy (non-hydrogen) atoms. The summed E-state index contributed by atoms with van der Waals surface area (Å²) in [5, 5.41) is 11.0. The molecule has 0 radical (unpaired) electrons. The normalized spacial score (nSPS) is 21.1. The molecule has 0 amide bonds. The van der Waals surface area contributed by atoms with Gasteiger partial charge in [0.25, 0.3) is 5.56 Å². The van der Waals surface area contributed by atoms with Gasteiger partial charge in [0, 0.05) is 5.57 Å². The number of nitrogens with zero attached hydrogens (tertiary/aromatic N) is 4. The van der Waals surface area contributed by atoms with Gasteiger partial charge in [0.15, 0.2) is 11.2 Å². The molecule has 1 unspecified atom stereocenters. The van der Waals surface area contributed by atoms with Crippen molar-refractivity contribution in [3.8, 4) is 0 Å². The predicted molar refractivity (Wildman–Crippen MR) is 75.9 cm³/mol. The number of hydrogen-bond acceptors (Lipinski definition) is 8. The van der Waals surface area contributed by atoms with E-state index in [9.17, 15) is 14.5 Å². The minimum atomic E-state index is -4.02. The van der Waals surface area contributed by atoms with Crippen LogP contribution in [0.25, 0.3) is 11.2 Å². The average Bonchev–Trinajstić information content (AvgIpc) is 2.84. The van der Waals surface area contributed by atoms with E-state index in [0.29, 0.717) is 5.57 Å². The summed E-state index contributed by atoms with van der Waals surface area (Å²) in [4.78, 5) is 34.9. The van der Waals surface area contributed by atoms with Gasteiger partial charge in [-0.05, 0) is 12.8 Å². The van der Waals surface area contributed by atoms with E-state index in [2.05, 4.69) is 29.0 Å². The molecule has 1 atom stereocenters. The Morgan fingerprint density at radius 1 is 1.62 bits per heavy atom. The largest absolute Gasteiger partial charge is 1.00 e. The number of aromatic nitrogens is 4. The van der Waals surface area contributed by atoms with Gasteiger partial charge in [-0.25, -0.2) is 14.5 Å². The fraction of sp³-hybridized carbons (Fsp3) is 0.273. The molecular weight excluding hydrogens is 352 g/mol. The fourth-order valence-electron chi connectivity index (χ4n) is 1.93. The zero-order valence-corrected chi connectivity index (χ0v) is 15.7. The van der Waals surface area contributed by atoms with E-state index in [1.807, 2.05) is 0 Å². The zero-order valence-electron chi connectivity index (χ0n) is 12.8. The summed E-state index contributed by atoms with van der Waals surface area (Å²) in [6.07, 6.45) is 2.50. The van der Waals surface area contributed by atoms with E-state index in [1.165, 1.54) is 17.8 Å². The van der Waals surface area contributed by atoms with Gasteiger partial charge in [0.05, 0.1) is 25.7 Å². The molecule has 3 heterocycles. The van der Waals surface area contributed by atoms with Gasteiger partial charge in [-0.3, -0.25) is 19.2 Å². The summed E-state index contributed by atoms with van der Waals surface area (Å²) in [6.45, 7) is 1.30. The van der Waals surface area contributed by atoms with Gasteiger partial charge in [0.1, 0.15) is 0 Å². The number of rotatable bonds is 3. The van der Waals surface area contributed by atoms with Crippen LogP contribution in [-0.4, -0.2) is 36.9 Å². The molecular formula is C11H11N5NaO6P. The monoisotopic (exact) mass is 363 g/mol. The van der Waals surface area contributed by atoms with Gasteiger partial charge in [0.2, 0.25) is 5.95 Å². The van der Waals surface area contributed by atoms with Gasteiger partial charge >= 0.3 is 37.4 Å². The fourth-order valence-corrected chi connectivity index (χ4v) is 2.60. The Kier molecular flexibility index (Phi) is 5.63. The number of aliphatic imine (C=N–C) groups is 1. The molecule has 0 aromatic carbocycles. The number of imidazole rings is 1. The molecule has 0 fully saturated rings. The van der Waals surface area contributed by atoms with Gasteiger partial charge in [-0.1, -0.05) is 0 Å². The van der Waals surface area contributed by atoms with Crippen LogP contribution in [0, 0.1) is 0 Å². The molecule has 2 aromatic heterocycles. The molecule has 122 valence electrons. The maximum absolute atomic E-state index is 11.9. The Balaban J connectivity index is 0.00000208. The first kappa shape index (κ1) is 18.8. The van der Waals surface area contributed by atoms with E-state index in [4.69, 9.17) is 4.89 Å². The third kappa shape index (κ3) is 4.12. The first-order chi connectivity index (χ1) is 10.8. The van der Waals surface area contributed by atoms with Gasteiger partial charge in [-0.2, -0.15) is 4.98 Å². The SMILES string of the molecule is CC([O-])=Nc1nc2c(ncn2CC2=COP(=O)(O)OC2)c(=O)[nH]1.[Na+]. The molecule has 11 nitrogen and oxygen atoms in total. The Morgan fingerprint density at radius 3 is 3.00 bits per heavy atom. The maximum atomic E-state index is 11.9. The number of hydrogen-bond donors (Lipinski definition) is 2. The van der Waals surface area contributed by atoms with Crippen molar-refractivity contribution in [2.75, 3.05) is 6.61 Å².